The summed E-state index contributed by atoms with van der Waals surface area (Å²) in [6, 6.07) is 5.22. The summed E-state index contributed by atoms with van der Waals surface area (Å²) in [6.45, 7) is 5.34. The molecule has 0 unspecified atom stereocenters. The molecule has 0 saturated carbocycles. The first-order chi connectivity index (χ1) is 8.34. The Morgan fingerprint density at radius 2 is 2.00 bits per heavy atom. The van der Waals surface area contributed by atoms with E-state index in [0.29, 0.717) is 24.2 Å². The zero-order valence-electron chi connectivity index (χ0n) is 10.8. The SMILES string of the molecule is CC(=O)c1ccc2c(c1)CCN2S(=O)(=O)C(C)C. The number of hydrogen-bond donors (Lipinski definition) is 0. The molecule has 0 amide bonds. The molecule has 1 aliphatic heterocycles. The van der Waals surface area contributed by atoms with E-state index in [1.54, 1.807) is 32.0 Å². The highest BCUT2D eigenvalue weighted by molar-refractivity contribution is 7.93. The molecule has 0 N–H and O–H groups in total. The van der Waals surface area contributed by atoms with Crippen molar-refractivity contribution in [3.8, 4) is 0 Å². The molecule has 0 radical (unpaired) electrons. The quantitative estimate of drug-likeness (QED) is 0.787. The fourth-order valence-electron chi connectivity index (χ4n) is 2.11. The first-order valence-corrected chi connectivity index (χ1v) is 7.50. The van der Waals surface area contributed by atoms with Crippen LogP contribution in [0, 0.1) is 0 Å². The van der Waals surface area contributed by atoms with Gasteiger partial charge >= 0.3 is 0 Å². The lowest BCUT2D eigenvalue weighted by molar-refractivity contribution is 0.101. The Hall–Kier alpha value is -1.36. The van der Waals surface area contributed by atoms with E-state index in [0.717, 1.165) is 5.56 Å². The first-order valence-electron chi connectivity index (χ1n) is 5.99. The molecule has 0 atom stereocenters. The van der Waals surface area contributed by atoms with Gasteiger partial charge in [0.2, 0.25) is 10.0 Å². The summed E-state index contributed by atoms with van der Waals surface area (Å²) in [5.74, 6) is 0.00275. The summed E-state index contributed by atoms with van der Waals surface area (Å²) in [5, 5.41) is -0.434. The minimum Gasteiger partial charge on any atom is -0.295 e. The Morgan fingerprint density at radius 3 is 2.56 bits per heavy atom. The van der Waals surface area contributed by atoms with Crippen molar-refractivity contribution in [3.63, 3.8) is 0 Å². The second-order valence-corrected chi connectivity index (χ2v) is 7.23. The Kier molecular flexibility index (Phi) is 3.19. The van der Waals surface area contributed by atoms with Gasteiger partial charge in [0.25, 0.3) is 0 Å². The monoisotopic (exact) mass is 267 g/mol. The number of anilines is 1. The highest BCUT2D eigenvalue weighted by atomic mass is 32.2. The van der Waals surface area contributed by atoms with Gasteiger partial charge in [0, 0.05) is 12.1 Å². The number of hydrogen-bond acceptors (Lipinski definition) is 3. The van der Waals surface area contributed by atoms with Crippen LogP contribution in [-0.2, 0) is 16.4 Å². The first kappa shape index (κ1) is 13.1. The molecule has 98 valence electrons. The molecule has 0 aliphatic carbocycles. The zero-order chi connectivity index (χ0) is 13.5. The lowest BCUT2D eigenvalue weighted by Gasteiger charge is -2.22. The van der Waals surface area contributed by atoms with Crippen LogP contribution in [0.2, 0.25) is 0 Å². The van der Waals surface area contributed by atoms with E-state index in [4.69, 9.17) is 0 Å². The normalized spacial score (nSPS) is 15.0. The third kappa shape index (κ3) is 2.03. The van der Waals surface area contributed by atoms with E-state index in [9.17, 15) is 13.2 Å². The molecule has 1 aromatic rings. The third-order valence-corrected chi connectivity index (χ3v) is 5.43. The molecule has 18 heavy (non-hydrogen) atoms. The van der Waals surface area contributed by atoms with Gasteiger partial charge in [-0.3, -0.25) is 9.10 Å². The molecule has 0 bridgehead atoms. The second-order valence-electron chi connectivity index (χ2n) is 4.82. The van der Waals surface area contributed by atoms with Crippen molar-refractivity contribution in [1.82, 2.24) is 0 Å². The third-order valence-electron chi connectivity index (χ3n) is 3.24. The summed E-state index contributed by atoms with van der Waals surface area (Å²) in [4.78, 5) is 11.3. The Labute approximate surface area is 108 Å². The molecular weight excluding hydrogens is 250 g/mol. The number of benzene rings is 1. The van der Waals surface area contributed by atoms with Gasteiger partial charge in [0.15, 0.2) is 5.78 Å². The van der Waals surface area contributed by atoms with E-state index in [1.165, 1.54) is 11.2 Å². The van der Waals surface area contributed by atoms with Crippen molar-refractivity contribution in [2.45, 2.75) is 32.4 Å². The van der Waals surface area contributed by atoms with Crippen molar-refractivity contribution in [2.75, 3.05) is 10.8 Å². The summed E-state index contributed by atoms with van der Waals surface area (Å²) in [5.41, 5.74) is 2.29. The standard InChI is InChI=1S/C13H17NO3S/c1-9(2)18(16,17)14-7-6-12-8-11(10(3)15)4-5-13(12)14/h4-5,8-9H,6-7H2,1-3H3. The smallest absolute Gasteiger partial charge is 0.237 e. The maximum Gasteiger partial charge on any atom is 0.237 e. The number of carbonyl (C=O) groups excluding carboxylic acids is 1. The van der Waals surface area contributed by atoms with E-state index in [2.05, 4.69) is 0 Å². The number of ketones is 1. The van der Waals surface area contributed by atoms with Crippen molar-refractivity contribution >= 4 is 21.5 Å². The second kappa shape index (κ2) is 4.39. The lowest BCUT2D eigenvalue weighted by atomic mass is 10.1. The van der Waals surface area contributed by atoms with E-state index < -0.39 is 15.3 Å². The van der Waals surface area contributed by atoms with Crippen LogP contribution >= 0.6 is 0 Å². The topological polar surface area (TPSA) is 54.5 Å². The number of rotatable bonds is 3. The van der Waals surface area contributed by atoms with Gasteiger partial charge in [-0.2, -0.15) is 0 Å². The average Bonchev–Trinajstić information content (AvgIpc) is 2.71. The van der Waals surface area contributed by atoms with Crippen molar-refractivity contribution in [3.05, 3.63) is 29.3 Å². The minimum atomic E-state index is -3.27. The highest BCUT2D eigenvalue weighted by Gasteiger charge is 2.31. The molecule has 0 saturated heterocycles. The molecule has 4 nitrogen and oxygen atoms in total. The van der Waals surface area contributed by atoms with Crippen LogP contribution < -0.4 is 4.31 Å². The number of Topliss-reactive ketones (excluding diaryl/α,β-unsaturated/α-hetero) is 1. The largest absolute Gasteiger partial charge is 0.295 e. The van der Waals surface area contributed by atoms with Crippen LogP contribution in [0.4, 0.5) is 5.69 Å². The zero-order valence-corrected chi connectivity index (χ0v) is 11.6. The van der Waals surface area contributed by atoms with Gasteiger partial charge in [0.1, 0.15) is 0 Å². The van der Waals surface area contributed by atoms with Gasteiger partial charge in [-0.05, 0) is 51.0 Å². The van der Waals surface area contributed by atoms with Crippen LogP contribution in [0.5, 0.6) is 0 Å². The van der Waals surface area contributed by atoms with Crippen LogP contribution in [-0.4, -0.2) is 26.0 Å². The van der Waals surface area contributed by atoms with Gasteiger partial charge in [-0.25, -0.2) is 8.42 Å². The number of nitrogens with zero attached hydrogens (tertiary/aromatic N) is 1. The fourth-order valence-corrected chi connectivity index (χ4v) is 3.42. The molecule has 0 fully saturated rings. The molecule has 0 spiro atoms. The van der Waals surface area contributed by atoms with Gasteiger partial charge in [-0.1, -0.05) is 0 Å². The van der Waals surface area contributed by atoms with Crippen molar-refractivity contribution < 1.29 is 13.2 Å². The van der Waals surface area contributed by atoms with Gasteiger partial charge in [0.05, 0.1) is 10.9 Å². The molecule has 2 rings (SSSR count). The molecule has 0 aromatic heterocycles. The summed E-state index contributed by atoms with van der Waals surface area (Å²) < 4.78 is 25.8. The van der Waals surface area contributed by atoms with Crippen LogP contribution in [0.15, 0.2) is 18.2 Å². The highest BCUT2D eigenvalue weighted by Crippen LogP contribution is 2.32. The van der Waals surface area contributed by atoms with Crippen molar-refractivity contribution in [2.24, 2.45) is 0 Å². The Balaban J connectivity index is 2.44. The van der Waals surface area contributed by atoms with Gasteiger partial charge < -0.3 is 0 Å². The van der Waals surface area contributed by atoms with Gasteiger partial charge in [-0.15, -0.1) is 0 Å². The fraction of sp³-hybridized carbons (Fsp3) is 0.462. The molecular formula is C13H17NO3S. The summed E-state index contributed by atoms with van der Waals surface area (Å²) >= 11 is 0. The molecule has 1 aliphatic rings. The number of fused-ring (bicyclic) bond motifs is 1. The molecule has 1 aromatic carbocycles. The van der Waals surface area contributed by atoms with E-state index >= 15 is 0 Å². The van der Waals surface area contributed by atoms with E-state index in [-0.39, 0.29) is 5.78 Å². The maximum atomic E-state index is 12.2. The predicted octanol–water partition coefficient (Wildman–Crippen LogP) is 1.99. The minimum absolute atomic E-state index is 0.00275. The summed E-state index contributed by atoms with van der Waals surface area (Å²) in [7, 11) is -3.27. The molecule has 1 heterocycles. The molecule has 5 heteroatoms. The average molecular weight is 267 g/mol. The summed E-state index contributed by atoms with van der Waals surface area (Å²) in [6.07, 6.45) is 0.669. The Bertz CT molecular complexity index is 590. The van der Waals surface area contributed by atoms with Crippen LogP contribution in [0.25, 0.3) is 0 Å². The maximum absolute atomic E-state index is 12.2. The lowest BCUT2D eigenvalue weighted by Crippen LogP contribution is -2.34. The van der Waals surface area contributed by atoms with Crippen molar-refractivity contribution in [1.29, 1.82) is 0 Å². The number of sulfonamides is 1. The number of carbonyl (C=O) groups is 1. The van der Waals surface area contributed by atoms with Crippen LogP contribution in [0.1, 0.15) is 36.7 Å². The van der Waals surface area contributed by atoms with Crippen LogP contribution in [0.3, 0.4) is 0 Å². The Morgan fingerprint density at radius 1 is 1.33 bits per heavy atom. The predicted molar refractivity (Wildman–Crippen MR) is 71.6 cm³/mol. The van der Waals surface area contributed by atoms with E-state index in [1.807, 2.05) is 0 Å².